The summed E-state index contributed by atoms with van der Waals surface area (Å²) in [5, 5.41) is 9.37. The van der Waals surface area contributed by atoms with Crippen LogP contribution in [0.2, 0.25) is 4.34 Å². The minimum Gasteiger partial charge on any atom is -0.350 e. The van der Waals surface area contributed by atoms with Crippen molar-refractivity contribution in [2.75, 3.05) is 6.54 Å². The standard InChI is InChI=1S/C16H16ClN3OS2/c1-2-20-13(14-5-6-15(17)23-14)10-12(19-20)16(21)18-8-7-11-4-3-9-22-11/h3-6,9-10H,2,7-8H2,1H3,(H,18,21). The molecule has 3 aromatic rings. The fourth-order valence-electron chi connectivity index (χ4n) is 2.26. The molecule has 0 aliphatic heterocycles. The largest absolute Gasteiger partial charge is 0.350 e. The Morgan fingerprint density at radius 3 is 2.91 bits per heavy atom. The van der Waals surface area contributed by atoms with Gasteiger partial charge in [0.1, 0.15) is 0 Å². The lowest BCUT2D eigenvalue weighted by Gasteiger charge is -2.01. The maximum absolute atomic E-state index is 12.3. The molecule has 0 spiro atoms. The molecule has 0 atom stereocenters. The van der Waals surface area contributed by atoms with E-state index in [4.69, 9.17) is 11.6 Å². The molecular formula is C16H16ClN3OS2. The Balaban J connectivity index is 1.69. The predicted octanol–water partition coefficient (Wildman–Crippen LogP) is 4.32. The minimum atomic E-state index is -0.141. The molecule has 0 aliphatic rings. The zero-order chi connectivity index (χ0) is 16.2. The molecule has 3 aromatic heterocycles. The molecule has 1 N–H and O–H groups in total. The Morgan fingerprint density at radius 1 is 1.39 bits per heavy atom. The third-order valence-electron chi connectivity index (χ3n) is 3.37. The summed E-state index contributed by atoms with van der Waals surface area (Å²) in [5.74, 6) is -0.141. The Bertz CT molecular complexity index is 792. The highest BCUT2D eigenvalue weighted by Gasteiger charge is 2.15. The zero-order valence-corrected chi connectivity index (χ0v) is 15.0. The molecule has 0 aliphatic carbocycles. The molecule has 3 rings (SSSR count). The number of aromatic nitrogens is 2. The topological polar surface area (TPSA) is 46.9 Å². The first-order chi connectivity index (χ1) is 11.2. The minimum absolute atomic E-state index is 0.141. The van der Waals surface area contributed by atoms with Crippen LogP contribution in [-0.2, 0) is 13.0 Å². The van der Waals surface area contributed by atoms with Gasteiger partial charge in [0.25, 0.3) is 5.91 Å². The van der Waals surface area contributed by atoms with Gasteiger partial charge in [0.2, 0.25) is 0 Å². The lowest BCUT2D eigenvalue weighted by molar-refractivity contribution is 0.0948. The summed E-state index contributed by atoms with van der Waals surface area (Å²) < 4.78 is 2.56. The first-order valence-corrected chi connectivity index (χ1v) is 9.39. The number of rotatable bonds is 6. The fourth-order valence-corrected chi connectivity index (χ4v) is 4.04. The molecule has 120 valence electrons. The molecular weight excluding hydrogens is 350 g/mol. The monoisotopic (exact) mass is 365 g/mol. The molecule has 0 bridgehead atoms. The van der Waals surface area contributed by atoms with Crippen molar-refractivity contribution in [1.82, 2.24) is 15.1 Å². The van der Waals surface area contributed by atoms with E-state index in [1.54, 1.807) is 11.3 Å². The highest BCUT2D eigenvalue weighted by molar-refractivity contribution is 7.19. The summed E-state index contributed by atoms with van der Waals surface area (Å²) in [4.78, 5) is 14.6. The van der Waals surface area contributed by atoms with E-state index < -0.39 is 0 Å². The van der Waals surface area contributed by atoms with Crippen LogP contribution in [0.4, 0.5) is 0 Å². The second kappa shape index (κ2) is 7.29. The normalized spacial score (nSPS) is 10.9. The van der Waals surface area contributed by atoms with Crippen LogP contribution < -0.4 is 5.32 Å². The second-order valence-corrected chi connectivity index (χ2v) is 7.67. The average Bonchev–Trinajstić information content (AvgIpc) is 3.26. The van der Waals surface area contributed by atoms with Gasteiger partial charge in [0.05, 0.1) is 14.9 Å². The second-order valence-electron chi connectivity index (χ2n) is 4.92. The van der Waals surface area contributed by atoms with E-state index in [2.05, 4.69) is 16.5 Å². The van der Waals surface area contributed by atoms with Crippen molar-refractivity contribution in [2.45, 2.75) is 19.9 Å². The van der Waals surface area contributed by atoms with Gasteiger partial charge in [0, 0.05) is 18.0 Å². The number of nitrogens with zero attached hydrogens (tertiary/aromatic N) is 2. The van der Waals surface area contributed by atoms with Gasteiger partial charge in [-0.05, 0) is 43.0 Å². The van der Waals surface area contributed by atoms with Crippen LogP contribution >= 0.6 is 34.3 Å². The van der Waals surface area contributed by atoms with Crippen LogP contribution in [0.5, 0.6) is 0 Å². The summed E-state index contributed by atoms with van der Waals surface area (Å²) in [6.45, 7) is 3.32. The van der Waals surface area contributed by atoms with Crippen molar-refractivity contribution in [3.05, 3.63) is 50.6 Å². The summed E-state index contributed by atoms with van der Waals surface area (Å²) >= 11 is 9.19. The quantitative estimate of drug-likeness (QED) is 0.707. The smallest absolute Gasteiger partial charge is 0.271 e. The van der Waals surface area contributed by atoms with Gasteiger partial charge >= 0.3 is 0 Å². The highest BCUT2D eigenvalue weighted by Crippen LogP contribution is 2.31. The number of nitrogens with one attached hydrogen (secondary N) is 1. The van der Waals surface area contributed by atoms with Gasteiger partial charge in [-0.2, -0.15) is 5.10 Å². The van der Waals surface area contributed by atoms with Gasteiger partial charge in [0.15, 0.2) is 5.69 Å². The van der Waals surface area contributed by atoms with Crippen molar-refractivity contribution in [3.63, 3.8) is 0 Å². The van der Waals surface area contributed by atoms with Crippen molar-refractivity contribution in [3.8, 4) is 10.6 Å². The number of hydrogen-bond acceptors (Lipinski definition) is 4. The van der Waals surface area contributed by atoms with Crippen molar-refractivity contribution >= 4 is 40.2 Å². The van der Waals surface area contributed by atoms with Gasteiger partial charge in [-0.25, -0.2) is 0 Å². The summed E-state index contributed by atoms with van der Waals surface area (Å²) in [6.07, 6.45) is 0.839. The van der Waals surface area contributed by atoms with E-state index in [1.165, 1.54) is 16.2 Å². The lowest BCUT2D eigenvalue weighted by Crippen LogP contribution is -2.26. The van der Waals surface area contributed by atoms with E-state index in [-0.39, 0.29) is 5.91 Å². The number of thiophene rings is 2. The molecule has 7 heteroatoms. The SMILES string of the molecule is CCn1nc(C(=O)NCCc2cccs2)cc1-c1ccc(Cl)s1. The molecule has 3 heterocycles. The molecule has 0 unspecified atom stereocenters. The third-order valence-corrected chi connectivity index (χ3v) is 5.56. The number of carbonyl (C=O) groups excluding carboxylic acids is 1. The average molecular weight is 366 g/mol. The molecule has 4 nitrogen and oxygen atoms in total. The zero-order valence-electron chi connectivity index (χ0n) is 12.6. The highest BCUT2D eigenvalue weighted by atomic mass is 35.5. The maximum Gasteiger partial charge on any atom is 0.271 e. The van der Waals surface area contributed by atoms with Crippen molar-refractivity contribution < 1.29 is 4.79 Å². The number of carbonyl (C=O) groups is 1. The van der Waals surface area contributed by atoms with Crippen LogP contribution in [0.3, 0.4) is 0 Å². The first-order valence-electron chi connectivity index (χ1n) is 7.31. The van der Waals surface area contributed by atoms with E-state index in [1.807, 2.05) is 41.3 Å². The lowest BCUT2D eigenvalue weighted by atomic mass is 10.3. The first kappa shape index (κ1) is 16.2. The van der Waals surface area contributed by atoms with E-state index in [0.29, 0.717) is 18.8 Å². The summed E-state index contributed by atoms with van der Waals surface area (Å²) in [6, 6.07) is 9.72. The van der Waals surface area contributed by atoms with E-state index >= 15 is 0 Å². The fraction of sp³-hybridized carbons (Fsp3) is 0.250. The van der Waals surface area contributed by atoms with Crippen molar-refractivity contribution in [1.29, 1.82) is 0 Å². The molecule has 0 aromatic carbocycles. The molecule has 1 amide bonds. The van der Waals surface area contributed by atoms with Gasteiger partial charge in [-0.3, -0.25) is 9.48 Å². The Labute approximate surface area is 147 Å². The Kier molecular flexibility index (Phi) is 5.15. The maximum atomic E-state index is 12.3. The number of halogens is 1. The van der Waals surface area contributed by atoms with Crippen LogP contribution in [0, 0.1) is 0 Å². The van der Waals surface area contributed by atoms with Crippen LogP contribution in [0.1, 0.15) is 22.3 Å². The summed E-state index contributed by atoms with van der Waals surface area (Å²) in [7, 11) is 0. The number of hydrogen-bond donors (Lipinski definition) is 1. The molecule has 0 radical (unpaired) electrons. The molecule has 23 heavy (non-hydrogen) atoms. The molecule has 0 saturated heterocycles. The van der Waals surface area contributed by atoms with Crippen molar-refractivity contribution in [2.24, 2.45) is 0 Å². The van der Waals surface area contributed by atoms with Gasteiger partial charge < -0.3 is 5.32 Å². The predicted molar refractivity (Wildman–Crippen MR) is 96.6 cm³/mol. The summed E-state index contributed by atoms with van der Waals surface area (Å²) in [5.41, 5.74) is 1.37. The van der Waals surface area contributed by atoms with E-state index in [0.717, 1.165) is 21.3 Å². The number of aryl methyl sites for hydroxylation is 1. The van der Waals surface area contributed by atoms with Gasteiger partial charge in [-0.15, -0.1) is 22.7 Å². The van der Waals surface area contributed by atoms with Crippen LogP contribution in [0.15, 0.2) is 35.7 Å². The molecule has 0 fully saturated rings. The number of amides is 1. The Hall–Kier alpha value is -1.63. The van der Waals surface area contributed by atoms with E-state index in [9.17, 15) is 4.79 Å². The Morgan fingerprint density at radius 2 is 2.26 bits per heavy atom. The third kappa shape index (κ3) is 3.83. The van der Waals surface area contributed by atoms with Crippen LogP contribution in [-0.4, -0.2) is 22.2 Å². The van der Waals surface area contributed by atoms with Crippen LogP contribution in [0.25, 0.3) is 10.6 Å². The van der Waals surface area contributed by atoms with Gasteiger partial charge in [-0.1, -0.05) is 17.7 Å². The molecule has 0 saturated carbocycles.